The molecule has 0 saturated heterocycles. The van der Waals surface area contributed by atoms with Crippen LogP contribution in [0.3, 0.4) is 0 Å². The molecule has 1 rings (SSSR count). The number of hydrogen-bond donors (Lipinski definition) is 0. The molecule has 1 aromatic rings. The molecule has 0 fully saturated rings. The second-order valence-electron chi connectivity index (χ2n) is 4.69. The van der Waals surface area contributed by atoms with Crippen LogP contribution in [0.1, 0.15) is 53.0 Å². The summed E-state index contributed by atoms with van der Waals surface area (Å²) in [5, 5.41) is 0. The van der Waals surface area contributed by atoms with Crippen molar-refractivity contribution in [3.8, 4) is 0 Å². The molecule has 0 aromatic heterocycles. The molecular weight excluding hydrogens is 237 g/mol. The van der Waals surface area contributed by atoms with Crippen LogP contribution in [-0.4, -0.2) is 7.05 Å². The molecule has 0 N–H and O–H groups in total. The van der Waals surface area contributed by atoms with Crippen LogP contribution in [0.4, 0.5) is 10.1 Å². The Morgan fingerprint density at radius 2 is 1.79 bits per heavy atom. The number of allylic oxidation sites excluding steroid dienone is 2. The van der Waals surface area contributed by atoms with Crippen LogP contribution in [0, 0.1) is 12.7 Å². The SMILES string of the molecule is CC.CCCC(=C(C)C)N(C)c1ccc(F)cc1C. The highest BCUT2D eigenvalue weighted by Gasteiger charge is 2.10. The number of halogens is 1. The van der Waals surface area contributed by atoms with Crippen molar-refractivity contribution in [2.45, 2.75) is 54.4 Å². The maximum Gasteiger partial charge on any atom is 0.123 e. The molecule has 1 nitrogen and oxygen atoms in total. The highest BCUT2D eigenvalue weighted by atomic mass is 19.1. The third-order valence-corrected chi connectivity index (χ3v) is 2.99. The standard InChI is InChI=1S/C15H22FN.C2H6/c1-6-7-14(11(2)3)17(5)15-9-8-13(16)10-12(15)4;1-2/h8-10H,6-7H2,1-5H3;1-2H3. The predicted octanol–water partition coefficient (Wildman–Crippen LogP) is 5.69. The summed E-state index contributed by atoms with van der Waals surface area (Å²) >= 11 is 0. The zero-order valence-corrected chi connectivity index (χ0v) is 13.5. The fraction of sp³-hybridized carbons (Fsp3) is 0.529. The number of benzene rings is 1. The van der Waals surface area contributed by atoms with Crippen molar-refractivity contribution in [1.29, 1.82) is 0 Å². The summed E-state index contributed by atoms with van der Waals surface area (Å²) < 4.78 is 13.1. The van der Waals surface area contributed by atoms with E-state index in [1.807, 2.05) is 26.8 Å². The van der Waals surface area contributed by atoms with Crippen LogP contribution < -0.4 is 4.90 Å². The highest BCUT2D eigenvalue weighted by molar-refractivity contribution is 5.57. The third-order valence-electron chi connectivity index (χ3n) is 2.99. The summed E-state index contributed by atoms with van der Waals surface area (Å²) in [5.74, 6) is -0.172. The Labute approximate surface area is 118 Å². The highest BCUT2D eigenvalue weighted by Crippen LogP contribution is 2.26. The molecule has 0 amide bonds. The Kier molecular flexibility index (Phi) is 8.13. The van der Waals surface area contributed by atoms with Gasteiger partial charge in [0, 0.05) is 18.4 Å². The first kappa shape index (κ1) is 17.7. The maximum atomic E-state index is 13.1. The van der Waals surface area contributed by atoms with Crippen molar-refractivity contribution in [3.63, 3.8) is 0 Å². The summed E-state index contributed by atoms with van der Waals surface area (Å²) in [7, 11) is 2.05. The molecule has 0 aliphatic heterocycles. The summed E-state index contributed by atoms with van der Waals surface area (Å²) in [4.78, 5) is 2.17. The van der Waals surface area contributed by atoms with Crippen LogP contribution in [0.15, 0.2) is 29.5 Å². The van der Waals surface area contributed by atoms with Gasteiger partial charge in [-0.15, -0.1) is 0 Å². The Morgan fingerprint density at radius 1 is 1.21 bits per heavy atom. The molecule has 0 saturated carbocycles. The lowest BCUT2D eigenvalue weighted by Crippen LogP contribution is -2.18. The molecule has 1 aromatic carbocycles. The van der Waals surface area contributed by atoms with Gasteiger partial charge in [0.15, 0.2) is 0 Å². The molecule has 0 atom stereocenters. The zero-order chi connectivity index (χ0) is 15.0. The number of rotatable bonds is 4. The monoisotopic (exact) mass is 265 g/mol. The van der Waals surface area contributed by atoms with Gasteiger partial charge in [-0.05, 0) is 51.0 Å². The summed E-state index contributed by atoms with van der Waals surface area (Å²) in [6.45, 7) is 12.4. The van der Waals surface area contributed by atoms with Gasteiger partial charge >= 0.3 is 0 Å². The Morgan fingerprint density at radius 3 is 2.21 bits per heavy atom. The van der Waals surface area contributed by atoms with E-state index in [0.717, 1.165) is 24.1 Å². The van der Waals surface area contributed by atoms with Gasteiger partial charge in [-0.2, -0.15) is 0 Å². The van der Waals surface area contributed by atoms with Gasteiger partial charge in [0.25, 0.3) is 0 Å². The molecule has 0 radical (unpaired) electrons. The average molecular weight is 265 g/mol. The number of anilines is 1. The van der Waals surface area contributed by atoms with E-state index in [1.165, 1.54) is 17.3 Å². The second kappa shape index (κ2) is 8.73. The van der Waals surface area contributed by atoms with Crippen LogP contribution in [-0.2, 0) is 0 Å². The lowest BCUT2D eigenvalue weighted by Gasteiger charge is -2.26. The fourth-order valence-electron chi connectivity index (χ4n) is 2.13. The van der Waals surface area contributed by atoms with Gasteiger partial charge in [-0.25, -0.2) is 4.39 Å². The van der Waals surface area contributed by atoms with E-state index in [4.69, 9.17) is 0 Å². The molecule has 0 aliphatic carbocycles. The van der Waals surface area contributed by atoms with Crippen LogP contribution in [0.5, 0.6) is 0 Å². The lowest BCUT2D eigenvalue weighted by molar-refractivity contribution is 0.626. The van der Waals surface area contributed by atoms with Crippen molar-refractivity contribution >= 4 is 5.69 Å². The van der Waals surface area contributed by atoms with Crippen LogP contribution >= 0.6 is 0 Å². The van der Waals surface area contributed by atoms with E-state index in [-0.39, 0.29) is 5.82 Å². The molecule has 0 aliphatic rings. The van der Waals surface area contributed by atoms with Crippen molar-refractivity contribution in [2.24, 2.45) is 0 Å². The molecule has 19 heavy (non-hydrogen) atoms. The van der Waals surface area contributed by atoms with Crippen molar-refractivity contribution < 1.29 is 4.39 Å². The number of aryl methyl sites for hydroxylation is 1. The van der Waals surface area contributed by atoms with Crippen molar-refractivity contribution in [2.75, 3.05) is 11.9 Å². The normalized spacial score (nSPS) is 9.47. The Hall–Kier alpha value is -1.31. The number of nitrogens with zero attached hydrogens (tertiary/aromatic N) is 1. The first-order valence-corrected chi connectivity index (χ1v) is 7.13. The van der Waals surface area contributed by atoms with Gasteiger partial charge in [-0.1, -0.05) is 32.8 Å². The lowest BCUT2D eigenvalue weighted by atomic mass is 10.1. The molecule has 0 bridgehead atoms. The summed E-state index contributed by atoms with van der Waals surface area (Å²) in [6, 6.07) is 4.96. The third kappa shape index (κ3) is 5.06. The van der Waals surface area contributed by atoms with E-state index in [0.29, 0.717) is 0 Å². The minimum absolute atomic E-state index is 0.172. The minimum atomic E-state index is -0.172. The van der Waals surface area contributed by atoms with E-state index in [1.54, 1.807) is 6.07 Å². The predicted molar refractivity (Wildman–Crippen MR) is 84.2 cm³/mol. The zero-order valence-electron chi connectivity index (χ0n) is 13.5. The topological polar surface area (TPSA) is 3.24 Å². The van der Waals surface area contributed by atoms with Gasteiger partial charge in [-0.3, -0.25) is 0 Å². The largest absolute Gasteiger partial charge is 0.348 e. The Balaban J connectivity index is 0.00000154. The summed E-state index contributed by atoms with van der Waals surface area (Å²) in [5.41, 5.74) is 4.69. The smallest absolute Gasteiger partial charge is 0.123 e. The fourth-order valence-corrected chi connectivity index (χ4v) is 2.13. The quantitative estimate of drug-likeness (QED) is 0.676. The Bertz CT molecular complexity index is 417. The van der Waals surface area contributed by atoms with Gasteiger partial charge < -0.3 is 4.90 Å². The molecule has 0 heterocycles. The second-order valence-corrected chi connectivity index (χ2v) is 4.69. The van der Waals surface area contributed by atoms with Gasteiger partial charge in [0.2, 0.25) is 0 Å². The van der Waals surface area contributed by atoms with E-state index >= 15 is 0 Å². The summed E-state index contributed by atoms with van der Waals surface area (Å²) in [6.07, 6.45) is 2.17. The molecule has 108 valence electrons. The molecule has 0 spiro atoms. The maximum absolute atomic E-state index is 13.1. The van der Waals surface area contributed by atoms with E-state index < -0.39 is 0 Å². The molecule has 2 heteroatoms. The average Bonchev–Trinajstić information content (AvgIpc) is 2.37. The molecular formula is C17H28FN. The minimum Gasteiger partial charge on any atom is -0.348 e. The van der Waals surface area contributed by atoms with E-state index in [9.17, 15) is 4.39 Å². The van der Waals surface area contributed by atoms with Crippen LogP contribution in [0.25, 0.3) is 0 Å². The van der Waals surface area contributed by atoms with E-state index in [2.05, 4.69) is 32.7 Å². The van der Waals surface area contributed by atoms with Crippen molar-refractivity contribution in [1.82, 2.24) is 0 Å². The van der Waals surface area contributed by atoms with Crippen molar-refractivity contribution in [3.05, 3.63) is 40.8 Å². The first-order chi connectivity index (χ1) is 8.97. The number of hydrogen-bond acceptors (Lipinski definition) is 1. The molecule has 0 unspecified atom stereocenters. The van der Waals surface area contributed by atoms with Crippen LogP contribution in [0.2, 0.25) is 0 Å². The van der Waals surface area contributed by atoms with Gasteiger partial charge in [0.1, 0.15) is 5.82 Å². The first-order valence-electron chi connectivity index (χ1n) is 7.13. The van der Waals surface area contributed by atoms with Gasteiger partial charge in [0.05, 0.1) is 0 Å².